The second kappa shape index (κ2) is 6.65. The molecule has 0 bridgehead atoms. The van der Waals surface area contributed by atoms with Crippen LogP contribution in [0.25, 0.3) is 0 Å². The Bertz CT molecular complexity index is 865. The predicted octanol–water partition coefficient (Wildman–Crippen LogP) is 2.74. The summed E-state index contributed by atoms with van der Waals surface area (Å²) >= 11 is 0. The van der Waals surface area contributed by atoms with Gasteiger partial charge in [0, 0.05) is 0 Å². The maximum absolute atomic E-state index is 12.5. The molecule has 134 valence electrons. The zero-order chi connectivity index (χ0) is 18.1. The van der Waals surface area contributed by atoms with E-state index in [1.165, 1.54) is 25.5 Å². The molecular weight excluding hydrogens is 344 g/mol. The first-order chi connectivity index (χ1) is 11.9. The molecule has 1 aromatic heterocycles. The van der Waals surface area contributed by atoms with Crippen LogP contribution in [0, 0.1) is 6.92 Å². The van der Waals surface area contributed by atoms with Crippen molar-refractivity contribution in [2.45, 2.75) is 36.5 Å². The molecule has 7 heteroatoms. The first-order valence-electron chi connectivity index (χ1n) is 8.00. The number of hydrogen-bond acceptors (Lipinski definition) is 6. The fourth-order valence-electron chi connectivity index (χ4n) is 3.18. The molecule has 0 saturated heterocycles. The van der Waals surface area contributed by atoms with Crippen LogP contribution in [0.5, 0.6) is 0 Å². The number of methoxy groups -OCH3 is 1. The Morgan fingerprint density at radius 2 is 1.96 bits per heavy atom. The third-order valence-electron chi connectivity index (χ3n) is 4.58. The molecule has 1 atom stereocenters. The van der Waals surface area contributed by atoms with Gasteiger partial charge in [0.1, 0.15) is 5.76 Å². The summed E-state index contributed by atoms with van der Waals surface area (Å²) < 4.78 is 40.7. The fraction of sp³-hybridized carbons (Fsp3) is 0.389. The third kappa shape index (κ3) is 3.21. The highest BCUT2D eigenvalue weighted by Gasteiger charge is 2.48. The van der Waals surface area contributed by atoms with Crippen LogP contribution >= 0.6 is 0 Å². The van der Waals surface area contributed by atoms with Crippen molar-refractivity contribution in [2.75, 3.05) is 13.7 Å². The molecule has 0 saturated carbocycles. The van der Waals surface area contributed by atoms with Gasteiger partial charge in [-0.1, -0.05) is 17.7 Å². The molecule has 0 spiro atoms. The average molecular weight is 364 g/mol. The number of esters is 1. The van der Waals surface area contributed by atoms with Crippen molar-refractivity contribution < 1.29 is 26.5 Å². The lowest BCUT2D eigenvalue weighted by atomic mass is 9.75. The minimum atomic E-state index is -3.99. The minimum Gasteiger partial charge on any atom is -0.468 e. The Morgan fingerprint density at radius 1 is 1.24 bits per heavy atom. The van der Waals surface area contributed by atoms with Crippen molar-refractivity contribution in [1.82, 2.24) is 0 Å². The standard InChI is InChI=1S/C18H20O6S/c1-13-5-7-15(8-6-13)25(20,21)24-12-18(17(19)22-2)10-3-4-14-9-11-23-16(14)18/h5-9,11H,3-4,10,12H2,1-2H3/t18-/m1/s1. The molecule has 3 rings (SSSR count). The highest BCUT2D eigenvalue weighted by atomic mass is 32.2. The van der Waals surface area contributed by atoms with Crippen molar-refractivity contribution in [1.29, 1.82) is 0 Å². The van der Waals surface area contributed by atoms with Crippen molar-refractivity contribution in [3.8, 4) is 0 Å². The number of hydrogen-bond donors (Lipinski definition) is 0. The van der Waals surface area contributed by atoms with E-state index in [9.17, 15) is 13.2 Å². The number of fused-ring (bicyclic) bond motifs is 1. The van der Waals surface area contributed by atoms with Crippen molar-refractivity contribution in [3.05, 3.63) is 53.5 Å². The van der Waals surface area contributed by atoms with E-state index in [1.54, 1.807) is 18.2 Å². The number of benzene rings is 1. The van der Waals surface area contributed by atoms with Gasteiger partial charge in [-0.25, -0.2) is 0 Å². The molecular formula is C18H20O6S. The zero-order valence-corrected chi connectivity index (χ0v) is 15.0. The number of furan rings is 1. The molecule has 6 nitrogen and oxygen atoms in total. The number of carbonyl (C=O) groups is 1. The number of carbonyl (C=O) groups excluding carboxylic acids is 1. The smallest absolute Gasteiger partial charge is 0.321 e. The van der Waals surface area contributed by atoms with E-state index in [0.29, 0.717) is 12.2 Å². The van der Waals surface area contributed by atoms with E-state index in [2.05, 4.69) is 0 Å². The van der Waals surface area contributed by atoms with Gasteiger partial charge in [-0.15, -0.1) is 0 Å². The lowest BCUT2D eigenvalue weighted by Gasteiger charge is -2.32. The van der Waals surface area contributed by atoms with Crippen LogP contribution in [0.3, 0.4) is 0 Å². The second-order valence-corrected chi connectivity index (χ2v) is 7.85. The Kier molecular flexibility index (Phi) is 4.71. The van der Waals surface area contributed by atoms with E-state index in [0.717, 1.165) is 24.0 Å². The Hall–Kier alpha value is -2.12. The largest absolute Gasteiger partial charge is 0.468 e. The molecule has 1 aliphatic carbocycles. The van der Waals surface area contributed by atoms with Crippen LogP contribution in [0.4, 0.5) is 0 Å². The van der Waals surface area contributed by atoms with Crippen LogP contribution in [0.1, 0.15) is 29.7 Å². The molecule has 0 aliphatic heterocycles. The van der Waals surface area contributed by atoms with Crippen molar-refractivity contribution in [3.63, 3.8) is 0 Å². The second-order valence-electron chi connectivity index (χ2n) is 6.23. The van der Waals surface area contributed by atoms with Gasteiger partial charge >= 0.3 is 5.97 Å². The SMILES string of the molecule is COC(=O)[C@@]1(COS(=O)(=O)c2ccc(C)cc2)CCCc2ccoc21. The van der Waals surface area contributed by atoms with Crippen molar-refractivity contribution in [2.24, 2.45) is 0 Å². The molecule has 0 N–H and O–H groups in total. The van der Waals surface area contributed by atoms with Crippen LogP contribution in [-0.2, 0) is 35.7 Å². The summed E-state index contributed by atoms with van der Waals surface area (Å²) in [6, 6.07) is 8.14. The number of rotatable bonds is 5. The molecule has 1 heterocycles. The van der Waals surface area contributed by atoms with Crippen LogP contribution < -0.4 is 0 Å². The Balaban J connectivity index is 1.91. The summed E-state index contributed by atoms with van der Waals surface area (Å²) in [6.45, 7) is 1.51. The van der Waals surface area contributed by atoms with Gasteiger partial charge in [0.2, 0.25) is 0 Å². The van der Waals surface area contributed by atoms with E-state index in [-0.39, 0.29) is 11.5 Å². The summed E-state index contributed by atoms with van der Waals surface area (Å²) in [6.07, 6.45) is 3.40. The Morgan fingerprint density at radius 3 is 2.64 bits per heavy atom. The number of aryl methyl sites for hydroxylation is 2. The summed E-state index contributed by atoms with van der Waals surface area (Å²) in [7, 11) is -2.72. The van der Waals surface area contributed by atoms with Gasteiger partial charge in [0.15, 0.2) is 5.41 Å². The van der Waals surface area contributed by atoms with Crippen LogP contribution in [0.15, 0.2) is 45.9 Å². The molecule has 0 unspecified atom stereocenters. The molecule has 0 amide bonds. The summed E-state index contributed by atoms with van der Waals surface area (Å²) in [5.74, 6) is -0.118. The van der Waals surface area contributed by atoms with E-state index >= 15 is 0 Å². The zero-order valence-electron chi connectivity index (χ0n) is 14.2. The van der Waals surface area contributed by atoms with Gasteiger partial charge in [-0.3, -0.25) is 8.98 Å². The molecule has 2 aromatic rings. The normalized spacial score (nSPS) is 20.1. The maximum Gasteiger partial charge on any atom is 0.321 e. The summed E-state index contributed by atoms with van der Waals surface area (Å²) in [4.78, 5) is 12.5. The minimum absolute atomic E-state index is 0.0496. The first kappa shape index (κ1) is 17.7. The monoisotopic (exact) mass is 364 g/mol. The average Bonchev–Trinajstić information content (AvgIpc) is 3.09. The van der Waals surface area contributed by atoms with Gasteiger partial charge in [-0.05, 0) is 49.9 Å². The lowest BCUT2D eigenvalue weighted by molar-refractivity contribution is -0.150. The van der Waals surface area contributed by atoms with Gasteiger partial charge in [-0.2, -0.15) is 8.42 Å². The van der Waals surface area contributed by atoms with E-state index < -0.39 is 21.5 Å². The number of ether oxygens (including phenoxy) is 1. The Labute approximate surface area is 146 Å². The fourth-order valence-corrected chi connectivity index (χ4v) is 4.15. The topological polar surface area (TPSA) is 82.8 Å². The highest BCUT2D eigenvalue weighted by Crippen LogP contribution is 2.40. The maximum atomic E-state index is 12.5. The summed E-state index contributed by atoms with van der Waals surface area (Å²) in [5, 5.41) is 0. The van der Waals surface area contributed by atoms with Gasteiger partial charge < -0.3 is 9.15 Å². The van der Waals surface area contributed by atoms with E-state index in [1.807, 2.05) is 6.92 Å². The van der Waals surface area contributed by atoms with Crippen molar-refractivity contribution >= 4 is 16.1 Å². The third-order valence-corrected chi connectivity index (χ3v) is 5.86. The summed E-state index contributed by atoms with van der Waals surface area (Å²) in [5.41, 5.74) is 0.578. The lowest BCUT2D eigenvalue weighted by Crippen LogP contribution is -2.44. The molecule has 25 heavy (non-hydrogen) atoms. The predicted molar refractivity (Wildman–Crippen MR) is 89.7 cm³/mol. The molecule has 1 aliphatic rings. The molecule has 1 aromatic carbocycles. The molecule has 0 fully saturated rings. The van der Waals surface area contributed by atoms with E-state index in [4.69, 9.17) is 13.3 Å². The van der Waals surface area contributed by atoms with Gasteiger partial charge in [0.25, 0.3) is 10.1 Å². The first-order valence-corrected chi connectivity index (χ1v) is 9.41. The van der Waals surface area contributed by atoms with Crippen LogP contribution in [-0.4, -0.2) is 28.1 Å². The van der Waals surface area contributed by atoms with Gasteiger partial charge in [0.05, 0.1) is 24.9 Å². The molecule has 0 radical (unpaired) electrons. The van der Waals surface area contributed by atoms with Crippen LogP contribution in [0.2, 0.25) is 0 Å². The highest BCUT2D eigenvalue weighted by molar-refractivity contribution is 7.86. The quantitative estimate of drug-likeness (QED) is 0.599.